The summed E-state index contributed by atoms with van der Waals surface area (Å²) in [5.74, 6) is 5.89. The van der Waals surface area contributed by atoms with E-state index in [2.05, 4.69) is 0 Å². The predicted octanol–water partition coefficient (Wildman–Crippen LogP) is 7.20. The molecule has 0 amide bonds. The number of ether oxygens (including phenoxy) is 5. The van der Waals surface area contributed by atoms with Gasteiger partial charge in [0.1, 0.15) is 48.4 Å². The van der Waals surface area contributed by atoms with Crippen LogP contribution in [0.25, 0.3) is 0 Å². The summed E-state index contributed by atoms with van der Waals surface area (Å²) in [6.45, 7) is 0.204. The van der Waals surface area contributed by atoms with Gasteiger partial charge in [0.05, 0.1) is 9.16 Å². The molecule has 2 unspecified atom stereocenters. The molecule has 4 rings (SSSR count). The number of carboxylic acid groups (broad SMARTS) is 2. The number of benzene rings is 2. The quantitative estimate of drug-likeness (QED) is 0.0621. The van der Waals surface area contributed by atoms with Crippen LogP contribution in [0.4, 0.5) is 0 Å². The van der Waals surface area contributed by atoms with Crippen LogP contribution in [0.5, 0.6) is 23.0 Å². The summed E-state index contributed by atoms with van der Waals surface area (Å²) in [6.07, 6.45) is 4.27. The number of carboxylic acids is 2. The minimum atomic E-state index is -1.23. The first-order valence-electron chi connectivity index (χ1n) is 16.7. The molecule has 288 valence electrons. The molecule has 2 fully saturated rings. The van der Waals surface area contributed by atoms with Crippen LogP contribution in [0.3, 0.4) is 0 Å². The van der Waals surface area contributed by atoms with Crippen molar-refractivity contribution in [3.63, 3.8) is 0 Å². The number of hydrogen-bond donors (Lipinski definition) is 2. The van der Waals surface area contributed by atoms with E-state index < -0.39 is 36.1 Å². The van der Waals surface area contributed by atoms with Gasteiger partial charge < -0.3 is 33.9 Å². The molecule has 2 aliphatic rings. The minimum absolute atomic E-state index is 0.102. The van der Waals surface area contributed by atoms with Gasteiger partial charge in [-0.1, -0.05) is 0 Å². The molecule has 2 N–H and O–H groups in total. The van der Waals surface area contributed by atoms with Crippen LogP contribution in [-0.2, 0) is 28.7 Å². The van der Waals surface area contributed by atoms with Crippen LogP contribution in [0.15, 0.2) is 72.8 Å². The summed E-state index contributed by atoms with van der Waals surface area (Å²) in [4.78, 5) is 45.9. The highest BCUT2D eigenvalue weighted by Gasteiger charge is 2.20. The van der Waals surface area contributed by atoms with Crippen molar-refractivity contribution in [2.45, 2.75) is 34.2 Å². The maximum atomic E-state index is 12.2. The van der Waals surface area contributed by atoms with Crippen LogP contribution >= 0.6 is 70.6 Å². The number of carbonyl (C=O) groups excluding carboxylic acids is 2. The van der Waals surface area contributed by atoms with Gasteiger partial charge in [0.2, 0.25) is 0 Å². The average molecular weight is 843 g/mol. The van der Waals surface area contributed by atoms with Crippen LogP contribution in [0.1, 0.15) is 12.8 Å². The number of hydrogen-bond acceptors (Lipinski definition) is 15. The van der Waals surface area contributed by atoms with Crippen LogP contribution in [-0.4, -0.2) is 115 Å². The fourth-order valence-electron chi connectivity index (χ4n) is 4.58. The second kappa shape index (κ2) is 24.7. The Balaban J connectivity index is 1.23. The Bertz CT molecular complexity index is 1380. The molecule has 2 atom stereocenters. The Labute approximate surface area is 334 Å². The van der Waals surface area contributed by atoms with Gasteiger partial charge in [0, 0.05) is 58.8 Å². The molecule has 0 bridgehead atoms. The first-order chi connectivity index (χ1) is 25.7. The van der Waals surface area contributed by atoms with Crippen molar-refractivity contribution in [3.05, 3.63) is 72.8 Å². The molecule has 0 saturated carbocycles. The first kappa shape index (κ1) is 43.0. The summed E-state index contributed by atoms with van der Waals surface area (Å²) in [5.41, 5.74) is 0. The zero-order valence-electron chi connectivity index (χ0n) is 28.7. The van der Waals surface area contributed by atoms with E-state index >= 15 is 0 Å². The molecule has 2 aromatic carbocycles. The van der Waals surface area contributed by atoms with Crippen LogP contribution in [0, 0.1) is 0 Å². The van der Waals surface area contributed by atoms with Crippen molar-refractivity contribution in [2.75, 3.05) is 59.2 Å². The normalized spacial score (nSPS) is 16.1. The Kier molecular flexibility index (Phi) is 20.0. The Morgan fingerprint density at radius 2 is 0.962 bits per heavy atom. The van der Waals surface area contributed by atoms with Gasteiger partial charge in [-0.2, -0.15) is 23.5 Å². The van der Waals surface area contributed by atoms with Crippen molar-refractivity contribution in [1.82, 2.24) is 0 Å². The summed E-state index contributed by atoms with van der Waals surface area (Å²) >= 11 is 11.2. The topological polar surface area (TPSA) is 155 Å². The fraction of sp³-hybridized carbons (Fsp3) is 0.444. The molecule has 2 aromatic rings. The highest BCUT2D eigenvalue weighted by Crippen LogP contribution is 2.36. The lowest BCUT2D eigenvalue weighted by atomic mass is 10.3. The van der Waals surface area contributed by atoms with E-state index in [1.54, 1.807) is 72.1 Å². The van der Waals surface area contributed by atoms with Crippen molar-refractivity contribution < 1.29 is 53.1 Å². The third-order valence-electron chi connectivity index (χ3n) is 7.03. The molecule has 2 aliphatic heterocycles. The van der Waals surface area contributed by atoms with Gasteiger partial charge in [-0.3, -0.25) is 0 Å². The number of thioether (sulfide) groups is 6. The van der Waals surface area contributed by atoms with E-state index in [1.165, 1.54) is 23.0 Å². The predicted molar refractivity (Wildman–Crippen MR) is 219 cm³/mol. The first-order valence-corrected chi connectivity index (χ1v) is 23.2. The largest absolute Gasteiger partial charge is 0.490 e. The lowest BCUT2D eigenvalue weighted by Gasteiger charge is -2.18. The zero-order valence-corrected chi connectivity index (χ0v) is 33.6. The maximum Gasteiger partial charge on any atom is 0.331 e. The lowest BCUT2D eigenvalue weighted by Crippen LogP contribution is -2.27. The van der Waals surface area contributed by atoms with E-state index in [0.717, 1.165) is 48.7 Å². The highest BCUT2D eigenvalue weighted by molar-refractivity contribution is 8.20. The SMILES string of the molecule is O=C(O)/C=C\C(=O)OC(COc1ccc(Oc2ccc(OCC(CSCCC3SCCS3)OC(=O)/C=C\C(=O)O)cc2)cc1)CSCCC1SCCS1. The molecular formula is C36H42O11S6. The van der Waals surface area contributed by atoms with Crippen molar-refractivity contribution in [3.8, 4) is 23.0 Å². The lowest BCUT2D eigenvalue weighted by molar-refractivity contribution is -0.144. The summed E-state index contributed by atoms with van der Waals surface area (Å²) in [6, 6.07) is 14.0. The Morgan fingerprint density at radius 3 is 1.32 bits per heavy atom. The molecule has 2 saturated heterocycles. The van der Waals surface area contributed by atoms with Crippen LogP contribution in [0.2, 0.25) is 0 Å². The van der Waals surface area contributed by atoms with E-state index in [-0.39, 0.29) is 13.2 Å². The molecule has 0 radical (unpaired) electrons. The molecular weight excluding hydrogens is 801 g/mol. The van der Waals surface area contributed by atoms with Gasteiger partial charge in [-0.05, 0) is 72.9 Å². The van der Waals surface area contributed by atoms with E-state index in [4.69, 9.17) is 33.9 Å². The molecule has 0 aromatic heterocycles. The second-order valence-corrected chi connectivity index (χ2v) is 19.3. The Morgan fingerprint density at radius 1 is 0.604 bits per heavy atom. The molecule has 2 heterocycles. The van der Waals surface area contributed by atoms with Crippen molar-refractivity contribution >= 4 is 94.4 Å². The standard InChI is InChI=1S/C36H42O11S6/c37-31(38)9-11-33(41)46-29(23-48-15-13-35-50-17-18-51-35)21-43-25-1-5-27(6-2-25)45-28-7-3-26(4-8-28)44-22-30(47-34(42)12-10-32(39)40)24-49-16-14-36-52-19-20-53-36/h1-12,29-30,35-36H,13-24H2,(H,37,38)(H,39,40)/b11-9-,12-10-. The van der Waals surface area contributed by atoms with E-state index in [0.29, 0.717) is 43.7 Å². The minimum Gasteiger partial charge on any atom is -0.490 e. The van der Waals surface area contributed by atoms with Gasteiger partial charge in [-0.25, -0.2) is 19.2 Å². The summed E-state index contributed by atoms with van der Waals surface area (Å²) in [7, 11) is 0. The van der Waals surface area contributed by atoms with Gasteiger partial charge in [0.15, 0.2) is 0 Å². The molecule has 0 aliphatic carbocycles. The zero-order chi connectivity index (χ0) is 37.7. The van der Waals surface area contributed by atoms with Gasteiger partial charge in [-0.15, -0.1) is 47.0 Å². The van der Waals surface area contributed by atoms with Gasteiger partial charge in [0.25, 0.3) is 0 Å². The highest BCUT2D eigenvalue weighted by atomic mass is 32.2. The van der Waals surface area contributed by atoms with E-state index in [1.807, 2.05) is 47.0 Å². The maximum absolute atomic E-state index is 12.2. The number of aliphatic carboxylic acids is 2. The summed E-state index contributed by atoms with van der Waals surface area (Å²) < 4.78 is 30.0. The number of rotatable bonds is 24. The third kappa shape index (κ3) is 18.5. The molecule has 17 heteroatoms. The third-order valence-corrected chi connectivity index (χ3v) is 15.6. The van der Waals surface area contributed by atoms with Crippen LogP contribution < -0.4 is 14.2 Å². The fourth-order valence-corrected chi connectivity index (χ4v) is 12.8. The number of carbonyl (C=O) groups is 4. The second-order valence-electron chi connectivity index (χ2n) is 11.2. The average Bonchev–Trinajstić information content (AvgIpc) is 3.87. The molecule has 0 spiro atoms. The monoisotopic (exact) mass is 842 g/mol. The number of esters is 2. The molecule has 53 heavy (non-hydrogen) atoms. The molecule has 11 nitrogen and oxygen atoms in total. The van der Waals surface area contributed by atoms with Gasteiger partial charge >= 0.3 is 23.9 Å². The summed E-state index contributed by atoms with van der Waals surface area (Å²) in [5, 5.41) is 17.7. The smallest absolute Gasteiger partial charge is 0.331 e. The van der Waals surface area contributed by atoms with E-state index in [9.17, 15) is 19.2 Å². The van der Waals surface area contributed by atoms with Crippen molar-refractivity contribution in [1.29, 1.82) is 0 Å². The Hall–Kier alpha value is -2.70. The van der Waals surface area contributed by atoms with Crippen molar-refractivity contribution in [2.24, 2.45) is 0 Å².